The Balaban J connectivity index is 2.23. The Morgan fingerprint density at radius 3 is 2.55 bits per heavy atom. The second-order valence-electron chi connectivity index (χ2n) is 5.51. The standard InChI is InChI=1S/C17H23N3O2/c1-3-16(21)20-15-11-12(17(22)18-2)9-10-14(15)19-13-7-5-4-6-8-13/h3,9-11,13,19H,1,4-8H2,2H3,(H,18,22)(H,20,21). The van der Waals surface area contributed by atoms with Gasteiger partial charge in [0.05, 0.1) is 11.4 Å². The minimum atomic E-state index is -0.291. The van der Waals surface area contributed by atoms with Crippen LogP contribution in [-0.4, -0.2) is 24.9 Å². The molecule has 0 heterocycles. The van der Waals surface area contributed by atoms with Gasteiger partial charge < -0.3 is 16.0 Å². The highest BCUT2D eigenvalue weighted by Gasteiger charge is 2.16. The van der Waals surface area contributed by atoms with Crippen LogP contribution in [0.5, 0.6) is 0 Å². The number of carbonyl (C=O) groups is 2. The van der Waals surface area contributed by atoms with Crippen LogP contribution in [-0.2, 0) is 4.79 Å². The lowest BCUT2D eigenvalue weighted by Crippen LogP contribution is -2.24. The van der Waals surface area contributed by atoms with Gasteiger partial charge in [0.1, 0.15) is 0 Å². The molecule has 22 heavy (non-hydrogen) atoms. The quantitative estimate of drug-likeness (QED) is 0.732. The van der Waals surface area contributed by atoms with Crippen LogP contribution in [0.1, 0.15) is 42.5 Å². The fourth-order valence-electron chi connectivity index (χ4n) is 2.71. The highest BCUT2D eigenvalue weighted by atomic mass is 16.2. The average Bonchev–Trinajstić information content (AvgIpc) is 2.56. The van der Waals surface area contributed by atoms with E-state index in [0.717, 1.165) is 18.5 Å². The van der Waals surface area contributed by atoms with Crippen LogP contribution in [0.4, 0.5) is 11.4 Å². The number of anilines is 2. The maximum Gasteiger partial charge on any atom is 0.251 e. The van der Waals surface area contributed by atoms with Crippen LogP contribution in [0.25, 0.3) is 0 Å². The van der Waals surface area contributed by atoms with E-state index in [4.69, 9.17) is 0 Å². The van der Waals surface area contributed by atoms with E-state index in [1.165, 1.54) is 25.3 Å². The Kier molecular flexibility index (Phi) is 5.58. The van der Waals surface area contributed by atoms with Gasteiger partial charge in [0, 0.05) is 18.7 Å². The molecule has 0 bridgehead atoms. The smallest absolute Gasteiger partial charge is 0.251 e. The summed E-state index contributed by atoms with van der Waals surface area (Å²) in [5, 5.41) is 8.84. The SMILES string of the molecule is C=CC(=O)Nc1cc(C(=O)NC)ccc1NC1CCCCC1. The topological polar surface area (TPSA) is 70.2 Å². The van der Waals surface area contributed by atoms with Crippen LogP contribution >= 0.6 is 0 Å². The van der Waals surface area contributed by atoms with Crippen molar-refractivity contribution in [2.45, 2.75) is 38.1 Å². The van der Waals surface area contributed by atoms with Gasteiger partial charge in [0.15, 0.2) is 0 Å². The molecular formula is C17H23N3O2. The number of benzene rings is 1. The zero-order valence-electron chi connectivity index (χ0n) is 12.9. The first-order valence-corrected chi connectivity index (χ1v) is 7.70. The van der Waals surface area contributed by atoms with Crippen molar-refractivity contribution in [3.05, 3.63) is 36.4 Å². The van der Waals surface area contributed by atoms with Gasteiger partial charge in [0.25, 0.3) is 5.91 Å². The largest absolute Gasteiger partial charge is 0.381 e. The Morgan fingerprint density at radius 1 is 1.18 bits per heavy atom. The molecule has 1 aliphatic rings. The van der Waals surface area contributed by atoms with Gasteiger partial charge in [-0.25, -0.2) is 0 Å². The third-order valence-corrected chi connectivity index (χ3v) is 3.92. The molecule has 1 aromatic carbocycles. The summed E-state index contributed by atoms with van der Waals surface area (Å²) in [6.45, 7) is 3.46. The number of hydrogen-bond donors (Lipinski definition) is 3. The average molecular weight is 301 g/mol. The zero-order valence-corrected chi connectivity index (χ0v) is 12.9. The summed E-state index contributed by atoms with van der Waals surface area (Å²) in [5.74, 6) is -0.473. The van der Waals surface area contributed by atoms with Crippen LogP contribution in [0.15, 0.2) is 30.9 Å². The minimum absolute atomic E-state index is 0.182. The normalized spacial score (nSPS) is 15.0. The van der Waals surface area contributed by atoms with Gasteiger partial charge >= 0.3 is 0 Å². The van der Waals surface area contributed by atoms with Crippen LogP contribution in [0.3, 0.4) is 0 Å². The number of rotatable bonds is 5. The van der Waals surface area contributed by atoms with Crippen molar-refractivity contribution in [2.75, 3.05) is 17.7 Å². The molecule has 0 spiro atoms. The van der Waals surface area contributed by atoms with Crippen LogP contribution < -0.4 is 16.0 Å². The van der Waals surface area contributed by atoms with Gasteiger partial charge in [-0.2, -0.15) is 0 Å². The zero-order chi connectivity index (χ0) is 15.9. The van der Waals surface area contributed by atoms with Crippen molar-refractivity contribution in [1.29, 1.82) is 0 Å². The van der Waals surface area contributed by atoms with E-state index in [1.807, 2.05) is 6.07 Å². The number of amides is 2. The lowest BCUT2D eigenvalue weighted by atomic mass is 9.95. The second kappa shape index (κ2) is 7.64. The minimum Gasteiger partial charge on any atom is -0.381 e. The van der Waals surface area contributed by atoms with Crippen molar-refractivity contribution in [3.8, 4) is 0 Å². The van der Waals surface area contributed by atoms with E-state index >= 15 is 0 Å². The molecule has 3 N–H and O–H groups in total. The number of carbonyl (C=O) groups excluding carboxylic acids is 2. The van der Waals surface area contributed by atoms with Gasteiger partial charge in [0.2, 0.25) is 5.91 Å². The second-order valence-corrected chi connectivity index (χ2v) is 5.51. The summed E-state index contributed by atoms with van der Waals surface area (Å²) in [6, 6.07) is 5.70. The van der Waals surface area contributed by atoms with E-state index in [2.05, 4.69) is 22.5 Å². The summed E-state index contributed by atoms with van der Waals surface area (Å²) in [7, 11) is 1.58. The predicted molar refractivity (Wildman–Crippen MR) is 89.2 cm³/mol. The Hall–Kier alpha value is -2.30. The molecule has 0 aromatic heterocycles. The van der Waals surface area contributed by atoms with Gasteiger partial charge in [-0.05, 0) is 37.1 Å². The van der Waals surface area contributed by atoms with E-state index < -0.39 is 0 Å². The maximum atomic E-state index is 11.8. The van der Waals surface area contributed by atoms with E-state index in [0.29, 0.717) is 17.3 Å². The van der Waals surface area contributed by atoms with Crippen molar-refractivity contribution in [1.82, 2.24) is 5.32 Å². The highest BCUT2D eigenvalue weighted by molar-refractivity contribution is 6.03. The summed E-state index contributed by atoms with van der Waals surface area (Å²) in [4.78, 5) is 23.4. The van der Waals surface area contributed by atoms with Crippen molar-refractivity contribution in [2.24, 2.45) is 0 Å². The number of hydrogen-bond acceptors (Lipinski definition) is 3. The molecule has 2 amide bonds. The first kappa shape index (κ1) is 16.1. The molecule has 2 rings (SSSR count). The van der Waals surface area contributed by atoms with Gasteiger partial charge in [-0.15, -0.1) is 0 Å². The Bertz CT molecular complexity index is 563. The lowest BCUT2D eigenvalue weighted by Gasteiger charge is -2.25. The van der Waals surface area contributed by atoms with E-state index in [9.17, 15) is 9.59 Å². The van der Waals surface area contributed by atoms with E-state index in [1.54, 1.807) is 19.2 Å². The molecular weight excluding hydrogens is 278 g/mol. The Morgan fingerprint density at radius 2 is 1.91 bits per heavy atom. The van der Waals surface area contributed by atoms with Crippen molar-refractivity contribution < 1.29 is 9.59 Å². The molecule has 0 aliphatic heterocycles. The molecule has 5 heteroatoms. The highest BCUT2D eigenvalue weighted by Crippen LogP contribution is 2.28. The molecule has 0 unspecified atom stereocenters. The predicted octanol–water partition coefficient (Wildman–Crippen LogP) is 2.92. The summed E-state index contributed by atoms with van der Waals surface area (Å²) >= 11 is 0. The first-order valence-electron chi connectivity index (χ1n) is 7.70. The van der Waals surface area contributed by atoms with Gasteiger partial charge in [-0.1, -0.05) is 25.8 Å². The molecule has 118 valence electrons. The summed E-state index contributed by atoms with van der Waals surface area (Å²) in [5.41, 5.74) is 1.96. The van der Waals surface area contributed by atoms with Crippen molar-refractivity contribution >= 4 is 23.2 Å². The van der Waals surface area contributed by atoms with Crippen molar-refractivity contribution in [3.63, 3.8) is 0 Å². The molecule has 0 atom stereocenters. The molecule has 0 radical (unpaired) electrons. The van der Waals surface area contributed by atoms with Gasteiger partial charge in [-0.3, -0.25) is 9.59 Å². The maximum absolute atomic E-state index is 11.8. The van der Waals surface area contributed by atoms with E-state index in [-0.39, 0.29) is 11.8 Å². The van der Waals surface area contributed by atoms with Crippen LogP contribution in [0.2, 0.25) is 0 Å². The third-order valence-electron chi connectivity index (χ3n) is 3.92. The molecule has 1 aliphatic carbocycles. The molecule has 1 aromatic rings. The molecule has 5 nitrogen and oxygen atoms in total. The first-order chi connectivity index (χ1) is 10.6. The number of nitrogens with one attached hydrogen (secondary N) is 3. The fraction of sp³-hybridized carbons (Fsp3) is 0.412. The lowest BCUT2D eigenvalue weighted by molar-refractivity contribution is -0.111. The summed E-state index contributed by atoms with van der Waals surface area (Å²) < 4.78 is 0. The molecule has 0 saturated heterocycles. The van der Waals surface area contributed by atoms with Crippen LogP contribution in [0, 0.1) is 0 Å². The third kappa shape index (κ3) is 4.10. The molecule has 1 fully saturated rings. The fourth-order valence-corrected chi connectivity index (χ4v) is 2.71. The monoisotopic (exact) mass is 301 g/mol. The summed E-state index contributed by atoms with van der Waals surface area (Å²) in [6.07, 6.45) is 7.22. The Labute approximate surface area is 131 Å². The molecule has 1 saturated carbocycles.